The van der Waals surface area contributed by atoms with Gasteiger partial charge in [-0.25, -0.2) is 0 Å². The molecule has 0 radical (unpaired) electrons. The maximum atomic E-state index is 12.8. The highest BCUT2D eigenvalue weighted by Crippen LogP contribution is 2.21. The van der Waals surface area contributed by atoms with Gasteiger partial charge in [-0.1, -0.05) is 12.1 Å². The quantitative estimate of drug-likeness (QED) is 0.774. The van der Waals surface area contributed by atoms with Crippen molar-refractivity contribution in [2.24, 2.45) is 5.92 Å². The topological polar surface area (TPSA) is 65.2 Å². The first-order chi connectivity index (χ1) is 13.0. The number of aryl methyl sites for hydroxylation is 2. The number of carbonyl (C=O) groups is 2. The summed E-state index contributed by atoms with van der Waals surface area (Å²) >= 11 is 1.70. The number of nitrogens with zero attached hydrogens (tertiary/aromatic N) is 1. The molecule has 1 unspecified atom stereocenters. The molecule has 0 bridgehead atoms. The van der Waals surface area contributed by atoms with Crippen LogP contribution in [-0.4, -0.2) is 41.0 Å². The van der Waals surface area contributed by atoms with E-state index in [1.165, 1.54) is 4.90 Å². The zero-order valence-corrected chi connectivity index (χ0v) is 17.0. The molecule has 2 aromatic rings. The number of benzene rings is 1. The molecule has 2 N–H and O–H groups in total. The van der Waals surface area contributed by atoms with Crippen LogP contribution in [0.3, 0.4) is 0 Å². The standard InChI is InChI=1S/C21H27N3O2S/c1-14-11-15(2)23-19(14)21(26)24-10-4-5-17(13-24)20(25)22-12-16-6-8-18(27-3)9-7-16/h6-9,11,17,23H,4-5,10,12-13H2,1-3H3,(H,22,25). The maximum Gasteiger partial charge on any atom is 0.270 e. The molecule has 0 spiro atoms. The predicted molar refractivity (Wildman–Crippen MR) is 109 cm³/mol. The Labute approximate surface area is 164 Å². The van der Waals surface area contributed by atoms with Gasteiger partial charge in [0, 0.05) is 30.2 Å². The molecule has 0 saturated carbocycles. The number of rotatable bonds is 5. The number of likely N-dealkylation sites (tertiary alicyclic amines) is 1. The molecule has 1 fully saturated rings. The van der Waals surface area contributed by atoms with Crippen LogP contribution < -0.4 is 5.32 Å². The third-order valence-corrected chi connectivity index (χ3v) is 5.81. The van der Waals surface area contributed by atoms with Gasteiger partial charge >= 0.3 is 0 Å². The molecule has 27 heavy (non-hydrogen) atoms. The van der Waals surface area contributed by atoms with E-state index >= 15 is 0 Å². The van der Waals surface area contributed by atoms with E-state index in [1.54, 1.807) is 16.7 Å². The monoisotopic (exact) mass is 385 g/mol. The molecule has 1 aromatic carbocycles. The van der Waals surface area contributed by atoms with Gasteiger partial charge in [0.15, 0.2) is 0 Å². The molecule has 144 valence electrons. The van der Waals surface area contributed by atoms with Gasteiger partial charge in [0.1, 0.15) is 5.69 Å². The first-order valence-electron chi connectivity index (χ1n) is 9.34. The van der Waals surface area contributed by atoms with Crippen molar-refractivity contribution in [3.05, 3.63) is 52.8 Å². The van der Waals surface area contributed by atoms with E-state index in [2.05, 4.69) is 22.4 Å². The number of carbonyl (C=O) groups excluding carboxylic acids is 2. The lowest BCUT2D eigenvalue weighted by atomic mass is 9.96. The van der Waals surface area contributed by atoms with Gasteiger partial charge in [0.25, 0.3) is 5.91 Å². The molecule has 6 heteroatoms. The molecule has 5 nitrogen and oxygen atoms in total. The van der Waals surface area contributed by atoms with Crippen LogP contribution in [0, 0.1) is 19.8 Å². The van der Waals surface area contributed by atoms with Crippen LogP contribution in [0.4, 0.5) is 0 Å². The zero-order valence-electron chi connectivity index (χ0n) is 16.2. The lowest BCUT2D eigenvalue weighted by Crippen LogP contribution is -2.45. The SMILES string of the molecule is CSc1ccc(CNC(=O)C2CCCN(C(=O)c3[nH]c(C)cc3C)C2)cc1. The van der Waals surface area contributed by atoms with Gasteiger partial charge in [-0.3, -0.25) is 9.59 Å². The normalized spacial score (nSPS) is 17.0. The summed E-state index contributed by atoms with van der Waals surface area (Å²) < 4.78 is 0. The predicted octanol–water partition coefficient (Wildman–Crippen LogP) is 3.52. The fraction of sp³-hybridized carbons (Fsp3) is 0.429. The Balaban J connectivity index is 1.57. The Morgan fingerprint density at radius 2 is 2.00 bits per heavy atom. The van der Waals surface area contributed by atoms with E-state index in [9.17, 15) is 9.59 Å². The smallest absolute Gasteiger partial charge is 0.270 e. The maximum absolute atomic E-state index is 12.8. The Morgan fingerprint density at radius 3 is 2.63 bits per heavy atom. The Hall–Kier alpha value is -2.21. The molecule has 1 aliphatic rings. The van der Waals surface area contributed by atoms with Gasteiger partial charge in [-0.15, -0.1) is 11.8 Å². The summed E-state index contributed by atoms with van der Waals surface area (Å²) in [6.45, 7) is 5.59. The molecule has 1 aliphatic heterocycles. The summed E-state index contributed by atoms with van der Waals surface area (Å²) in [4.78, 5) is 31.6. The molecule has 3 rings (SSSR count). The van der Waals surface area contributed by atoms with Crippen LogP contribution in [0.5, 0.6) is 0 Å². The third-order valence-electron chi connectivity index (χ3n) is 5.07. The van der Waals surface area contributed by atoms with Crippen molar-refractivity contribution in [3.8, 4) is 0 Å². The molecular weight excluding hydrogens is 358 g/mol. The minimum Gasteiger partial charge on any atom is -0.354 e. The zero-order chi connectivity index (χ0) is 19.4. The summed E-state index contributed by atoms with van der Waals surface area (Å²) in [5.41, 5.74) is 3.66. The number of hydrogen-bond acceptors (Lipinski definition) is 3. The average Bonchev–Trinajstić information content (AvgIpc) is 3.04. The van der Waals surface area contributed by atoms with Crippen molar-refractivity contribution >= 4 is 23.6 Å². The number of aromatic amines is 1. The first-order valence-corrected chi connectivity index (χ1v) is 10.6. The van der Waals surface area contributed by atoms with Crippen LogP contribution in [0.25, 0.3) is 0 Å². The molecule has 1 saturated heterocycles. The average molecular weight is 386 g/mol. The largest absolute Gasteiger partial charge is 0.354 e. The third kappa shape index (κ3) is 4.75. The number of piperidine rings is 1. The van der Waals surface area contributed by atoms with Crippen LogP contribution in [0.15, 0.2) is 35.2 Å². The second kappa shape index (κ2) is 8.65. The Kier molecular flexibility index (Phi) is 6.26. The van der Waals surface area contributed by atoms with Crippen LogP contribution in [0.2, 0.25) is 0 Å². The number of aromatic nitrogens is 1. The number of thioether (sulfide) groups is 1. The van der Waals surface area contributed by atoms with Crippen molar-refractivity contribution in [2.75, 3.05) is 19.3 Å². The highest BCUT2D eigenvalue weighted by Gasteiger charge is 2.29. The fourth-order valence-corrected chi connectivity index (χ4v) is 3.97. The minimum atomic E-state index is -0.149. The Morgan fingerprint density at radius 1 is 1.26 bits per heavy atom. The van der Waals surface area contributed by atoms with Crippen LogP contribution >= 0.6 is 11.8 Å². The van der Waals surface area contributed by atoms with E-state index < -0.39 is 0 Å². The lowest BCUT2D eigenvalue weighted by Gasteiger charge is -2.32. The Bertz CT molecular complexity index is 813. The van der Waals surface area contributed by atoms with E-state index in [1.807, 2.05) is 38.3 Å². The minimum absolute atomic E-state index is 0.00856. The van der Waals surface area contributed by atoms with Crippen molar-refractivity contribution in [2.45, 2.75) is 38.1 Å². The van der Waals surface area contributed by atoms with Gasteiger partial charge in [-0.05, 0) is 62.3 Å². The highest BCUT2D eigenvalue weighted by molar-refractivity contribution is 7.98. The number of amides is 2. The van der Waals surface area contributed by atoms with Crippen molar-refractivity contribution in [1.82, 2.24) is 15.2 Å². The molecular formula is C21H27N3O2S. The fourth-order valence-electron chi connectivity index (χ4n) is 3.56. The number of nitrogens with one attached hydrogen (secondary N) is 2. The van der Waals surface area contributed by atoms with Crippen molar-refractivity contribution in [1.29, 1.82) is 0 Å². The van der Waals surface area contributed by atoms with Crippen LogP contribution in [0.1, 0.15) is 40.2 Å². The second-order valence-corrected chi connectivity index (χ2v) is 8.05. The van der Waals surface area contributed by atoms with Crippen LogP contribution in [-0.2, 0) is 11.3 Å². The summed E-state index contributed by atoms with van der Waals surface area (Å²) in [5, 5.41) is 3.03. The van der Waals surface area contributed by atoms with Gasteiger partial charge < -0.3 is 15.2 Å². The summed E-state index contributed by atoms with van der Waals surface area (Å²) in [7, 11) is 0. The molecule has 2 amide bonds. The lowest BCUT2D eigenvalue weighted by molar-refractivity contribution is -0.126. The van der Waals surface area contributed by atoms with E-state index in [-0.39, 0.29) is 17.7 Å². The van der Waals surface area contributed by atoms with E-state index in [0.29, 0.717) is 25.3 Å². The van der Waals surface area contributed by atoms with Gasteiger partial charge in [0.05, 0.1) is 5.92 Å². The first kappa shape index (κ1) is 19.5. The highest BCUT2D eigenvalue weighted by atomic mass is 32.2. The van der Waals surface area contributed by atoms with Gasteiger partial charge in [0.2, 0.25) is 5.91 Å². The van der Waals surface area contributed by atoms with Crippen molar-refractivity contribution in [3.63, 3.8) is 0 Å². The molecule has 0 aliphatic carbocycles. The van der Waals surface area contributed by atoms with E-state index in [0.717, 1.165) is 29.7 Å². The molecule has 1 aromatic heterocycles. The van der Waals surface area contributed by atoms with Gasteiger partial charge in [-0.2, -0.15) is 0 Å². The number of hydrogen-bond donors (Lipinski definition) is 2. The second-order valence-electron chi connectivity index (χ2n) is 7.17. The molecule has 1 atom stereocenters. The van der Waals surface area contributed by atoms with E-state index in [4.69, 9.17) is 0 Å². The number of H-pyrrole nitrogens is 1. The molecule has 2 heterocycles. The van der Waals surface area contributed by atoms with Crippen molar-refractivity contribution < 1.29 is 9.59 Å². The summed E-state index contributed by atoms with van der Waals surface area (Å²) in [6.07, 6.45) is 3.72. The summed E-state index contributed by atoms with van der Waals surface area (Å²) in [6, 6.07) is 10.2. The summed E-state index contributed by atoms with van der Waals surface area (Å²) in [5.74, 6) is -0.129.